The lowest BCUT2D eigenvalue weighted by molar-refractivity contribution is -0.857. The van der Waals surface area contributed by atoms with Crippen molar-refractivity contribution < 1.29 is 5.01 Å². The highest BCUT2D eigenvalue weighted by Crippen LogP contribution is 2.09. The Balaban J connectivity index is 2.40. The van der Waals surface area contributed by atoms with E-state index >= 15 is 0 Å². The molecule has 1 heterocycles. The second-order valence-electron chi connectivity index (χ2n) is 3.52. The van der Waals surface area contributed by atoms with Gasteiger partial charge in [-0.25, -0.2) is 0 Å². The van der Waals surface area contributed by atoms with E-state index in [2.05, 4.69) is 38.4 Å². The molecule has 0 radical (unpaired) electrons. The zero-order valence-corrected chi connectivity index (χ0v) is 7.96. The molecule has 3 nitrogen and oxygen atoms in total. The summed E-state index contributed by atoms with van der Waals surface area (Å²) in [5.41, 5.74) is 4.49. The Hall–Kier alpha value is -0.120. The van der Waals surface area contributed by atoms with Gasteiger partial charge in [-0.2, -0.15) is 0 Å². The van der Waals surface area contributed by atoms with Gasteiger partial charge in [-0.05, 0) is 19.4 Å². The first kappa shape index (κ1) is 8.97. The van der Waals surface area contributed by atoms with E-state index in [1.807, 2.05) is 0 Å². The van der Waals surface area contributed by atoms with Crippen molar-refractivity contribution in [2.75, 3.05) is 13.6 Å². The fourth-order valence-corrected chi connectivity index (χ4v) is 1.24. The molecule has 1 aliphatic rings. The Kier molecular flexibility index (Phi) is 2.87. The lowest BCUT2D eigenvalue weighted by atomic mass is 10.2. The summed E-state index contributed by atoms with van der Waals surface area (Å²) < 4.78 is 0. The number of likely N-dealkylation sites (N-methyl/N-ethyl adjacent to an activating group) is 1. The number of nitrogens with zero attached hydrogens (tertiary/aromatic N) is 2. The third kappa shape index (κ3) is 1.92. The van der Waals surface area contributed by atoms with Crippen molar-refractivity contribution in [2.45, 2.75) is 39.3 Å². The summed E-state index contributed by atoms with van der Waals surface area (Å²) in [7, 11) is 2.12. The van der Waals surface area contributed by atoms with Crippen LogP contribution in [0.5, 0.6) is 0 Å². The molecule has 3 heteroatoms. The molecule has 0 bridgehead atoms. The Morgan fingerprint density at radius 1 is 1.73 bits per heavy atom. The van der Waals surface area contributed by atoms with Crippen LogP contribution in [-0.2, 0) is 0 Å². The van der Waals surface area contributed by atoms with Crippen molar-refractivity contribution in [3.05, 3.63) is 5.53 Å². The van der Waals surface area contributed by atoms with E-state index in [1.165, 1.54) is 11.4 Å². The van der Waals surface area contributed by atoms with Crippen LogP contribution in [0.4, 0.5) is 0 Å². The monoisotopic (exact) mass is 157 g/mol. The van der Waals surface area contributed by atoms with E-state index < -0.39 is 0 Å². The second-order valence-corrected chi connectivity index (χ2v) is 3.52. The van der Waals surface area contributed by atoms with Crippen LogP contribution in [0.25, 0.3) is 5.53 Å². The standard InChI is InChI=1S/C8H19N3/c1-5-7(2)11-6-8(3)10(4)9-11/h7-8,10H,5-6H2,1-4H3. The van der Waals surface area contributed by atoms with Crippen molar-refractivity contribution >= 4 is 0 Å². The van der Waals surface area contributed by atoms with Crippen LogP contribution in [-0.4, -0.2) is 30.7 Å². The summed E-state index contributed by atoms with van der Waals surface area (Å²) in [5.74, 6) is 0. The molecule has 0 aromatic heterocycles. The summed E-state index contributed by atoms with van der Waals surface area (Å²) in [5, 5.41) is 3.49. The molecule has 0 spiro atoms. The maximum absolute atomic E-state index is 4.49. The molecule has 66 valence electrons. The van der Waals surface area contributed by atoms with Crippen LogP contribution in [0.15, 0.2) is 0 Å². The molecule has 3 unspecified atom stereocenters. The summed E-state index contributed by atoms with van der Waals surface area (Å²) in [4.78, 5) is 0. The summed E-state index contributed by atoms with van der Waals surface area (Å²) in [6, 6.07) is 1.26. The maximum atomic E-state index is 4.49. The van der Waals surface area contributed by atoms with Gasteiger partial charge in [-0.1, -0.05) is 13.8 Å². The first-order valence-electron chi connectivity index (χ1n) is 4.47. The van der Waals surface area contributed by atoms with Crippen LogP contribution in [0.3, 0.4) is 0 Å². The highest BCUT2D eigenvalue weighted by molar-refractivity contribution is 4.77. The summed E-state index contributed by atoms with van der Waals surface area (Å²) in [6.45, 7) is 7.79. The predicted molar refractivity (Wildman–Crippen MR) is 46.2 cm³/mol. The largest absolute Gasteiger partial charge is 0.391 e. The second kappa shape index (κ2) is 3.52. The highest BCUT2D eigenvalue weighted by atomic mass is 15.8. The van der Waals surface area contributed by atoms with Gasteiger partial charge >= 0.3 is 0 Å². The van der Waals surface area contributed by atoms with Gasteiger partial charge in [0.05, 0.1) is 13.1 Å². The SMILES string of the molecule is CCC(C)N1CC(C)[NH+](C)[N-]1. The van der Waals surface area contributed by atoms with Crippen LogP contribution in [0.2, 0.25) is 0 Å². The lowest BCUT2D eigenvalue weighted by Gasteiger charge is -2.32. The van der Waals surface area contributed by atoms with Gasteiger partial charge in [-0.3, -0.25) is 0 Å². The number of hydrogen-bond acceptors (Lipinski definition) is 1. The molecule has 1 aliphatic heterocycles. The van der Waals surface area contributed by atoms with Gasteiger partial charge in [-0.15, -0.1) is 0 Å². The molecule has 1 fully saturated rings. The zero-order valence-electron chi connectivity index (χ0n) is 7.96. The first-order valence-corrected chi connectivity index (χ1v) is 4.47. The Morgan fingerprint density at radius 2 is 2.36 bits per heavy atom. The molecule has 0 aromatic carbocycles. The molecule has 11 heavy (non-hydrogen) atoms. The van der Waals surface area contributed by atoms with E-state index in [1.54, 1.807) is 0 Å². The van der Waals surface area contributed by atoms with Gasteiger partial charge in [0.1, 0.15) is 0 Å². The van der Waals surface area contributed by atoms with Gasteiger partial charge < -0.3 is 15.6 Å². The van der Waals surface area contributed by atoms with E-state index in [-0.39, 0.29) is 0 Å². The van der Waals surface area contributed by atoms with E-state index in [0.717, 1.165) is 6.54 Å². The number of quaternary nitrogens is 1. The zero-order chi connectivity index (χ0) is 8.43. The maximum Gasteiger partial charge on any atom is 0.0880 e. The van der Waals surface area contributed by atoms with Crippen LogP contribution in [0, 0.1) is 0 Å². The minimum atomic E-state index is 0.606. The molecular formula is C8H19N3. The van der Waals surface area contributed by atoms with Gasteiger partial charge in [0.25, 0.3) is 0 Å². The summed E-state index contributed by atoms with van der Waals surface area (Å²) in [6.07, 6.45) is 1.18. The third-order valence-corrected chi connectivity index (χ3v) is 2.56. The van der Waals surface area contributed by atoms with Crippen LogP contribution < -0.4 is 5.01 Å². The van der Waals surface area contributed by atoms with E-state index in [4.69, 9.17) is 0 Å². The molecule has 0 aliphatic carbocycles. The van der Waals surface area contributed by atoms with Gasteiger partial charge in [0.2, 0.25) is 0 Å². The average Bonchev–Trinajstić information content (AvgIpc) is 2.31. The van der Waals surface area contributed by atoms with Gasteiger partial charge in [0, 0.05) is 6.54 Å². The minimum Gasteiger partial charge on any atom is -0.391 e. The fraction of sp³-hybridized carbons (Fsp3) is 1.00. The predicted octanol–water partition coefficient (Wildman–Crippen LogP) is 0.207. The quantitative estimate of drug-likeness (QED) is 0.608. The Labute approximate surface area is 69.3 Å². The first-order chi connectivity index (χ1) is 5.15. The molecular weight excluding hydrogens is 138 g/mol. The van der Waals surface area contributed by atoms with Gasteiger partial charge in [0.15, 0.2) is 0 Å². The Bertz CT molecular complexity index is 117. The summed E-state index contributed by atoms with van der Waals surface area (Å²) >= 11 is 0. The fourth-order valence-electron chi connectivity index (χ4n) is 1.24. The smallest absolute Gasteiger partial charge is 0.0880 e. The molecule has 0 amide bonds. The molecule has 0 saturated carbocycles. The highest BCUT2D eigenvalue weighted by Gasteiger charge is 2.20. The topological polar surface area (TPSA) is 21.8 Å². The molecule has 1 N–H and O–H groups in total. The lowest BCUT2D eigenvalue weighted by Crippen LogP contribution is -3.06. The third-order valence-electron chi connectivity index (χ3n) is 2.56. The minimum absolute atomic E-state index is 0.606. The van der Waals surface area contributed by atoms with Crippen molar-refractivity contribution in [3.8, 4) is 0 Å². The normalized spacial score (nSPS) is 36.0. The molecule has 1 rings (SSSR count). The van der Waals surface area contributed by atoms with Crippen molar-refractivity contribution in [3.63, 3.8) is 0 Å². The van der Waals surface area contributed by atoms with Crippen molar-refractivity contribution in [1.29, 1.82) is 0 Å². The van der Waals surface area contributed by atoms with Crippen LogP contribution in [0.1, 0.15) is 27.2 Å². The number of rotatable bonds is 2. The molecule has 1 saturated heterocycles. The Morgan fingerprint density at radius 3 is 2.73 bits per heavy atom. The van der Waals surface area contributed by atoms with Crippen molar-refractivity contribution in [1.82, 2.24) is 5.01 Å². The molecule has 0 aromatic rings. The van der Waals surface area contributed by atoms with E-state index in [0.29, 0.717) is 12.1 Å². The molecule has 3 atom stereocenters. The number of nitrogens with one attached hydrogen (secondary N) is 1. The van der Waals surface area contributed by atoms with E-state index in [9.17, 15) is 0 Å². The van der Waals surface area contributed by atoms with Crippen molar-refractivity contribution in [2.24, 2.45) is 0 Å². The average molecular weight is 157 g/mol. The number of hydrogen-bond donors (Lipinski definition) is 1. The van der Waals surface area contributed by atoms with Crippen LogP contribution >= 0.6 is 0 Å².